The van der Waals surface area contributed by atoms with Gasteiger partial charge in [0.1, 0.15) is 0 Å². The molecule has 1 aliphatic rings. The Labute approximate surface area is 130 Å². The summed E-state index contributed by atoms with van der Waals surface area (Å²) in [5.41, 5.74) is 0. The van der Waals surface area contributed by atoms with Crippen molar-refractivity contribution in [1.82, 2.24) is 21.3 Å². The Morgan fingerprint density at radius 3 is 1.10 bits per heavy atom. The van der Waals surface area contributed by atoms with Crippen molar-refractivity contribution in [2.45, 2.75) is 0 Å². The van der Waals surface area contributed by atoms with Crippen molar-refractivity contribution in [2.75, 3.05) is 52.4 Å². The summed E-state index contributed by atoms with van der Waals surface area (Å²) in [7, 11) is 0. The molecule has 8 nitrogen and oxygen atoms in total. The molecule has 1 fully saturated rings. The molecule has 1 rings (SSSR count). The molecule has 9 heteroatoms. The van der Waals surface area contributed by atoms with Crippen LogP contribution in [0.4, 0.5) is 0 Å². The molecule has 0 aromatic heterocycles. The van der Waals surface area contributed by atoms with E-state index in [2.05, 4.69) is 21.3 Å². The van der Waals surface area contributed by atoms with Crippen LogP contribution in [0.5, 0.6) is 0 Å². The molecular formula is C12H25ClN4O4. The summed E-state index contributed by atoms with van der Waals surface area (Å²) in [4.78, 5) is 22.1. The molecule has 21 heavy (non-hydrogen) atoms. The van der Waals surface area contributed by atoms with Crippen LogP contribution in [0.15, 0.2) is 0 Å². The van der Waals surface area contributed by atoms with Crippen LogP contribution in [0.1, 0.15) is 0 Å². The number of carboxylic acids is 2. The number of nitrogens with one attached hydrogen (secondary N) is 4. The van der Waals surface area contributed by atoms with Crippen molar-refractivity contribution in [3.63, 3.8) is 0 Å². The monoisotopic (exact) mass is 324 g/mol. The SMILES string of the molecule is Cl.O=C(O)C1CNCCNCC(C(=O)O)CNCCNC1. The second-order valence-corrected chi connectivity index (χ2v) is 4.89. The molecule has 0 aliphatic carbocycles. The molecule has 0 radical (unpaired) electrons. The molecule has 0 aromatic carbocycles. The summed E-state index contributed by atoms with van der Waals surface area (Å²) in [6.07, 6.45) is 0. The Hall–Kier alpha value is -0.930. The van der Waals surface area contributed by atoms with Gasteiger partial charge in [-0.15, -0.1) is 12.4 Å². The number of aliphatic carboxylic acids is 2. The molecule has 124 valence electrons. The van der Waals surface area contributed by atoms with Gasteiger partial charge < -0.3 is 31.5 Å². The third-order valence-corrected chi connectivity index (χ3v) is 3.22. The summed E-state index contributed by atoms with van der Waals surface area (Å²) in [5.74, 6) is -2.54. The molecule has 1 aliphatic heterocycles. The highest BCUT2D eigenvalue weighted by Crippen LogP contribution is 1.95. The Morgan fingerprint density at radius 1 is 0.667 bits per heavy atom. The molecule has 0 atom stereocenters. The highest BCUT2D eigenvalue weighted by Gasteiger charge is 2.18. The standard InChI is InChI=1S/C12H24N4O4.ClH/c17-11(18)9-5-13-1-2-14-6-10(12(19)20)8-16-4-3-15-7-9;/h9-10,13-16H,1-8H2,(H,17,18)(H,19,20);1H. The summed E-state index contributed by atoms with van der Waals surface area (Å²) >= 11 is 0. The topological polar surface area (TPSA) is 123 Å². The zero-order chi connectivity index (χ0) is 14.8. The summed E-state index contributed by atoms with van der Waals surface area (Å²) < 4.78 is 0. The normalized spacial score (nSPS) is 26.1. The first kappa shape index (κ1) is 20.1. The van der Waals surface area contributed by atoms with E-state index in [9.17, 15) is 9.59 Å². The van der Waals surface area contributed by atoms with E-state index in [0.717, 1.165) is 0 Å². The second-order valence-electron chi connectivity index (χ2n) is 4.89. The van der Waals surface area contributed by atoms with Crippen molar-refractivity contribution in [2.24, 2.45) is 11.8 Å². The maximum atomic E-state index is 11.0. The average molecular weight is 325 g/mol. The lowest BCUT2D eigenvalue weighted by Gasteiger charge is -2.18. The first-order valence-electron chi connectivity index (χ1n) is 6.89. The lowest BCUT2D eigenvalue weighted by Crippen LogP contribution is -2.43. The van der Waals surface area contributed by atoms with Crippen molar-refractivity contribution in [3.8, 4) is 0 Å². The van der Waals surface area contributed by atoms with Gasteiger partial charge in [-0.3, -0.25) is 9.59 Å². The van der Waals surface area contributed by atoms with E-state index in [1.165, 1.54) is 0 Å². The fourth-order valence-electron chi connectivity index (χ4n) is 1.95. The highest BCUT2D eigenvalue weighted by molar-refractivity contribution is 5.85. The Morgan fingerprint density at radius 2 is 0.905 bits per heavy atom. The maximum absolute atomic E-state index is 11.0. The number of carbonyl (C=O) groups is 2. The van der Waals surface area contributed by atoms with Crippen molar-refractivity contribution in [3.05, 3.63) is 0 Å². The minimum absolute atomic E-state index is 0. The van der Waals surface area contributed by atoms with Gasteiger partial charge in [0.2, 0.25) is 0 Å². The van der Waals surface area contributed by atoms with Crippen molar-refractivity contribution >= 4 is 24.3 Å². The molecule has 6 N–H and O–H groups in total. The van der Waals surface area contributed by atoms with Gasteiger partial charge in [0, 0.05) is 52.4 Å². The number of halogens is 1. The van der Waals surface area contributed by atoms with Crippen LogP contribution in [0.2, 0.25) is 0 Å². The van der Waals surface area contributed by atoms with E-state index in [-0.39, 0.29) is 12.4 Å². The zero-order valence-corrected chi connectivity index (χ0v) is 12.7. The summed E-state index contributed by atoms with van der Waals surface area (Å²) in [5, 5.41) is 30.4. The number of hydrogen-bond donors (Lipinski definition) is 6. The van der Waals surface area contributed by atoms with Gasteiger partial charge in [-0.1, -0.05) is 0 Å². The average Bonchev–Trinajstić information content (AvgIpc) is 2.40. The largest absolute Gasteiger partial charge is 0.481 e. The Kier molecular flexibility index (Phi) is 11.2. The smallest absolute Gasteiger partial charge is 0.309 e. The highest BCUT2D eigenvalue weighted by atomic mass is 35.5. The van der Waals surface area contributed by atoms with Gasteiger partial charge in [0.15, 0.2) is 0 Å². The van der Waals surface area contributed by atoms with Crippen LogP contribution in [0.3, 0.4) is 0 Å². The first-order valence-corrected chi connectivity index (χ1v) is 6.89. The molecule has 0 amide bonds. The minimum atomic E-state index is -0.816. The van der Waals surface area contributed by atoms with Crippen molar-refractivity contribution < 1.29 is 19.8 Å². The van der Waals surface area contributed by atoms with Gasteiger partial charge in [0.25, 0.3) is 0 Å². The molecule has 1 heterocycles. The molecule has 0 aromatic rings. The van der Waals surface area contributed by atoms with Gasteiger partial charge in [-0.05, 0) is 0 Å². The van der Waals surface area contributed by atoms with Crippen LogP contribution in [-0.2, 0) is 9.59 Å². The van der Waals surface area contributed by atoms with Crippen LogP contribution in [0.25, 0.3) is 0 Å². The van der Waals surface area contributed by atoms with Gasteiger partial charge >= 0.3 is 11.9 Å². The van der Waals surface area contributed by atoms with E-state index >= 15 is 0 Å². The minimum Gasteiger partial charge on any atom is -0.481 e. The molecule has 0 saturated carbocycles. The van der Waals surface area contributed by atoms with Crippen LogP contribution in [0, 0.1) is 11.8 Å². The second kappa shape index (κ2) is 11.7. The molecule has 0 bridgehead atoms. The fourth-order valence-corrected chi connectivity index (χ4v) is 1.95. The summed E-state index contributed by atoms with van der Waals surface area (Å²) in [6, 6.07) is 0. The lowest BCUT2D eigenvalue weighted by molar-refractivity contribution is -0.142. The van der Waals surface area contributed by atoms with Crippen molar-refractivity contribution in [1.29, 1.82) is 0 Å². The zero-order valence-electron chi connectivity index (χ0n) is 11.9. The lowest BCUT2D eigenvalue weighted by atomic mass is 10.1. The quantitative estimate of drug-likeness (QED) is 0.351. The van der Waals surface area contributed by atoms with E-state index < -0.39 is 23.8 Å². The van der Waals surface area contributed by atoms with E-state index in [0.29, 0.717) is 52.4 Å². The molecule has 0 unspecified atom stereocenters. The van der Waals surface area contributed by atoms with Gasteiger partial charge in [-0.2, -0.15) is 0 Å². The Balaban J connectivity index is 0.00000400. The molecular weight excluding hydrogens is 300 g/mol. The van der Waals surface area contributed by atoms with Crippen LogP contribution in [-0.4, -0.2) is 74.5 Å². The fraction of sp³-hybridized carbons (Fsp3) is 0.833. The predicted molar refractivity (Wildman–Crippen MR) is 81.0 cm³/mol. The molecule has 1 saturated heterocycles. The van der Waals surface area contributed by atoms with Gasteiger partial charge in [-0.25, -0.2) is 0 Å². The number of hydrogen-bond acceptors (Lipinski definition) is 6. The Bertz CT molecular complexity index is 274. The van der Waals surface area contributed by atoms with E-state index in [1.54, 1.807) is 0 Å². The molecule has 0 spiro atoms. The third kappa shape index (κ3) is 8.84. The van der Waals surface area contributed by atoms with Gasteiger partial charge in [0.05, 0.1) is 11.8 Å². The number of carboxylic acid groups (broad SMARTS) is 2. The number of rotatable bonds is 2. The van der Waals surface area contributed by atoms with Crippen LogP contribution < -0.4 is 21.3 Å². The maximum Gasteiger partial charge on any atom is 0.309 e. The van der Waals surface area contributed by atoms with Crippen LogP contribution >= 0.6 is 12.4 Å². The predicted octanol–water partition coefficient (Wildman–Crippen LogP) is -1.82. The van der Waals surface area contributed by atoms with E-state index in [4.69, 9.17) is 10.2 Å². The summed E-state index contributed by atoms with van der Waals surface area (Å²) in [6.45, 7) is 4.07. The van der Waals surface area contributed by atoms with E-state index in [1.807, 2.05) is 0 Å². The third-order valence-electron chi connectivity index (χ3n) is 3.22. The first-order chi connectivity index (χ1) is 9.61.